The smallest absolute Gasteiger partial charge is 0.221 e. The molecule has 1 aliphatic rings. The molecule has 0 atom stereocenters. The van der Waals surface area contributed by atoms with Crippen LogP contribution >= 0.6 is 11.6 Å². The van der Waals surface area contributed by atoms with Crippen LogP contribution in [0.25, 0.3) is 0 Å². The van der Waals surface area contributed by atoms with Crippen LogP contribution in [0.15, 0.2) is 0 Å². The summed E-state index contributed by atoms with van der Waals surface area (Å²) in [6.07, 6.45) is 3.94. The van der Waals surface area contributed by atoms with E-state index < -0.39 is 0 Å². The molecule has 0 unspecified atom stereocenters. The van der Waals surface area contributed by atoms with Crippen LogP contribution in [0, 0.1) is 12.8 Å². The fourth-order valence-electron chi connectivity index (χ4n) is 2.10. The van der Waals surface area contributed by atoms with Crippen molar-refractivity contribution in [2.75, 3.05) is 19.8 Å². The predicted octanol–water partition coefficient (Wildman–Crippen LogP) is 3.20. The Kier molecular flexibility index (Phi) is 5.40. The highest BCUT2D eigenvalue weighted by Gasteiger charge is 2.16. The maximum absolute atomic E-state index is 6.13. The van der Waals surface area contributed by atoms with Gasteiger partial charge >= 0.3 is 0 Å². The Morgan fingerprint density at radius 1 is 1.32 bits per heavy atom. The molecule has 1 aliphatic heterocycles. The molecular weight excluding hydrogens is 264 g/mol. The zero-order valence-corrected chi connectivity index (χ0v) is 12.4. The molecule has 106 valence electrons. The lowest BCUT2D eigenvalue weighted by Gasteiger charge is -2.22. The molecule has 1 aromatic heterocycles. The zero-order chi connectivity index (χ0) is 13.7. The third-order valence-corrected chi connectivity index (χ3v) is 3.73. The standard InChI is InChI=1S/C14H21ClN2O2/c1-3-4-12-16-13(15)10(2)14(17-12)19-9-11-5-7-18-8-6-11/h11H,3-9H2,1-2H3. The van der Waals surface area contributed by atoms with Gasteiger partial charge in [-0.25, -0.2) is 4.98 Å². The summed E-state index contributed by atoms with van der Waals surface area (Å²) in [6.45, 7) is 6.34. The van der Waals surface area contributed by atoms with Gasteiger partial charge in [-0.2, -0.15) is 4.98 Å². The Balaban J connectivity index is 2.01. The summed E-state index contributed by atoms with van der Waals surface area (Å²) in [4.78, 5) is 8.73. The average Bonchev–Trinajstić information content (AvgIpc) is 2.42. The van der Waals surface area contributed by atoms with Crippen molar-refractivity contribution in [3.63, 3.8) is 0 Å². The molecule has 0 aromatic carbocycles. The summed E-state index contributed by atoms with van der Waals surface area (Å²) in [5.41, 5.74) is 0.827. The van der Waals surface area contributed by atoms with Crippen LogP contribution in [0.3, 0.4) is 0 Å². The summed E-state index contributed by atoms with van der Waals surface area (Å²) in [5, 5.41) is 0.500. The normalized spacial score (nSPS) is 16.6. The first-order valence-corrected chi connectivity index (χ1v) is 7.32. The minimum absolute atomic E-state index is 0.500. The summed E-state index contributed by atoms with van der Waals surface area (Å²) in [7, 11) is 0. The van der Waals surface area contributed by atoms with E-state index in [-0.39, 0.29) is 0 Å². The van der Waals surface area contributed by atoms with Crippen molar-refractivity contribution >= 4 is 11.6 Å². The lowest BCUT2D eigenvalue weighted by atomic mass is 10.0. The van der Waals surface area contributed by atoms with Crippen molar-refractivity contribution in [1.29, 1.82) is 0 Å². The van der Waals surface area contributed by atoms with E-state index in [1.807, 2.05) is 6.92 Å². The molecule has 19 heavy (non-hydrogen) atoms. The van der Waals surface area contributed by atoms with E-state index in [1.54, 1.807) is 0 Å². The summed E-state index contributed by atoms with van der Waals surface area (Å²) < 4.78 is 11.2. The number of hydrogen-bond donors (Lipinski definition) is 0. The quantitative estimate of drug-likeness (QED) is 0.779. The van der Waals surface area contributed by atoms with E-state index in [1.165, 1.54) is 0 Å². The summed E-state index contributed by atoms with van der Waals surface area (Å²) >= 11 is 6.13. The van der Waals surface area contributed by atoms with Gasteiger partial charge in [-0.15, -0.1) is 0 Å². The van der Waals surface area contributed by atoms with Gasteiger partial charge in [-0.05, 0) is 32.1 Å². The van der Waals surface area contributed by atoms with Crippen molar-refractivity contribution in [2.24, 2.45) is 5.92 Å². The van der Waals surface area contributed by atoms with E-state index >= 15 is 0 Å². The Bertz CT molecular complexity index is 420. The lowest BCUT2D eigenvalue weighted by Crippen LogP contribution is -2.22. The van der Waals surface area contributed by atoms with E-state index in [0.717, 1.165) is 50.3 Å². The topological polar surface area (TPSA) is 44.2 Å². The molecule has 1 fully saturated rings. The van der Waals surface area contributed by atoms with E-state index in [0.29, 0.717) is 23.6 Å². The number of aryl methyl sites for hydroxylation is 1. The van der Waals surface area contributed by atoms with Gasteiger partial charge in [0, 0.05) is 25.2 Å². The zero-order valence-electron chi connectivity index (χ0n) is 11.6. The Labute approximate surface area is 119 Å². The molecular formula is C14H21ClN2O2. The average molecular weight is 285 g/mol. The molecule has 2 heterocycles. The second-order valence-corrected chi connectivity index (χ2v) is 5.34. The van der Waals surface area contributed by atoms with Gasteiger partial charge in [0.2, 0.25) is 5.88 Å². The van der Waals surface area contributed by atoms with Crippen LogP contribution in [0.5, 0.6) is 5.88 Å². The van der Waals surface area contributed by atoms with Crippen LogP contribution in [-0.2, 0) is 11.2 Å². The fourth-order valence-corrected chi connectivity index (χ4v) is 2.28. The minimum Gasteiger partial charge on any atom is -0.477 e. The van der Waals surface area contributed by atoms with Crippen LogP contribution in [0.4, 0.5) is 0 Å². The number of rotatable bonds is 5. The first-order valence-electron chi connectivity index (χ1n) is 6.94. The molecule has 5 heteroatoms. The lowest BCUT2D eigenvalue weighted by molar-refractivity contribution is 0.0488. The third kappa shape index (κ3) is 4.05. The Morgan fingerprint density at radius 3 is 2.74 bits per heavy atom. The largest absolute Gasteiger partial charge is 0.477 e. The number of ether oxygens (including phenoxy) is 2. The van der Waals surface area contributed by atoms with Crippen molar-refractivity contribution in [3.05, 3.63) is 16.5 Å². The third-order valence-electron chi connectivity index (χ3n) is 3.36. The molecule has 0 spiro atoms. The molecule has 0 saturated carbocycles. The van der Waals surface area contributed by atoms with E-state index in [2.05, 4.69) is 16.9 Å². The van der Waals surface area contributed by atoms with Crippen LogP contribution in [-0.4, -0.2) is 29.8 Å². The van der Waals surface area contributed by atoms with Gasteiger partial charge in [0.25, 0.3) is 0 Å². The fraction of sp³-hybridized carbons (Fsp3) is 0.714. The van der Waals surface area contributed by atoms with Crippen molar-refractivity contribution < 1.29 is 9.47 Å². The number of nitrogens with zero attached hydrogens (tertiary/aromatic N) is 2. The van der Waals surface area contributed by atoms with Gasteiger partial charge in [0.05, 0.1) is 6.61 Å². The van der Waals surface area contributed by atoms with Crippen LogP contribution < -0.4 is 4.74 Å². The molecule has 1 saturated heterocycles. The second kappa shape index (κ2) is 7.06. The number of halogens is 1. The monoisotopic (exact) mass is 284 g/mol. The second-order valence-electron chi connectivity index (χ2n) is 4.98. The molecule has 1 aromatic rings. The predicted molar refractivity (Wildman–Crippen MR) is 74.8 cm³/mol. The maximum atomic E-state index is 6.13. The number of aromatic nitrogens is 2. The van der Waals surface area contributed by atoms with Crippen molar-refractivity contribution in [2.45, 2.75) is 39.5 Å². The summed E-state index contributed by atoms with van der Waals surface area (Å²) in [5.74, 6) is 1.95. The van der Waals surface area contributed by atoms with Crippen molar-refractivity contribution in [1.82, 2.24) is 9.97 Å². The molecule has 0 radical (unpaired) electrons. The molecule has 2 rings (SSSR count). The van der Waals surface area contributed by atoms with Crippen molar-refractivity contribution in [3.8, 4) is 5.88 Å². The highest BCUT2D eigenvalue weighted by atomic mass is 35.5. The Morgan fingerprint density at radius 2 is 2.05 bits per heavy atom. The molecule has 0 N–H and O–H groups in total. The number of hydrogen-bond acceptors (Lipinski definition) is 4. The summed E-state index contributed by atoms with van der Waals surface area (Å²) in [6, 6.07) is 0. The molecule has 0 bridgehead atoms. The molecule has 4 nitrogen and oxygen atoms in total. The van der Waals surface area contributed by atoms with Gasteiger partial charge in [0.1, 0.15) is 11.0 Å². The molecule has 0 aliphatic carbocycles. The Hall–Kier alpha value is -0.870. The highest BCUT2D eigenvalue weighted by molar-refractivity contribution is 6.30. The first-order chi connectivity index (χ1) is 9.20. The van der Waals surface area contributed by atoms with Gasteiger partial charge < -0.3 is 9.47 Å². The first kappa shape index (κ1) is 14.5. The van der Waals surface area contributed by atoms with E-state index in [4.69, 9.17) is 21.1 Å². The maximum Gasteiger partial charge on any atom is 0.221 e. The minimum atomic E-state index is 0.500. The highest BCUT2D eigenvalue weighted by Crippen LogP contribution is 2.24. The SMILES string of the molecule is CCCc1nc(Cl)c(C)c(OCC2CCOCC2)n1. The van der Waals surface area contributed by atoms with Gasteiger partial charge in [0.15, 0.2) is 0 Å². The van der Waals surface area contributed by atoms with E-state index in [9.17, 15) is 0 Å². The molecule has 0 amide bonds. The van der Waals surface area contributed by atoms with Crippen LogP contribution in [0.2, 0.25) is 5.15 Å². The van der Waals surface area contributed by atoms with Crippen LogP contribution in [0.1, 0.15) is 37.6 Å². The van der Waals surface area contributed by atoms with Gasteiger partial charge in [-0.1, -0.05) is 18.5 Å². The van der Waals surface area contributed by atoms with Gasteiger partial charge in [-0.3, -0.25) is 0 Å².